The smallest absolute Gasteiger partial charge is 0.239 e. The second-order valence-corrected chi connectivity index (χ2v) is 5.96. The first-order valence-electron chi connectivity index (χ1n) is 8.01. The van der Waals surface area contributed by atoms with Crippen LogP contribution in [0.25, 0.3) is 10.9 Å². The lowest BCUT2D eigenvalue weighted by atomic mass is 10.1. The Hall–Kier alpha value is -2.55. The van der Waals surface area contributed by atoms with Gasteiger partial charge in [0.1, 0.15) is 6.54 Å². The molecule has 0 spiro atoms. The van der Waals surface area contributed by atoms with Crippen LogP contribution < -0.4 is 5.32 Å². The monoisotopic (exact) mass is 306 g/mol. The first-order chi connectivity index (χ1) is 11.1. The molecule has 0 saturated carbocycles. The molecule has 0 atom stereocenters. The van der Waals surface area contributed by atoms with E-state index in [-0.39, 0.29) is 5.91 Å². The molecule has 1 N–H and O–H groups in total. The molecule has 23 heavy (non-hydrogen) atoms. The van der Waals surface area contributed by atoms with Gasteiger partial charge in [0.05, 0.1) is 0 Å². The normalized spacial score (nSPS) is 10.9. The summed E-state index contributed by atoms with van der Waals surface area (Å²) in [6.07, 6.45) is 0.865. The lowest BCUT2D eigenvalue weighted by Crippen LogP contribution is -2.29. The Kier molecular flexibility index (Phi) is 4.47. The van der Waals surface area contributed by atoms with E-state index in [4.69, 9.17) is 0 Å². The number of fused-ring (bicyclic) bond motifs is 1. The predicted molar refractivity (Wildman–Crippen MR) is 94.6 cm³/mol. The summed E-state index contributed by atoms with van der Waals surface area (Å²) in [5.74, 6) is 0.0584. The highest BCUT2D eigenvalue weighted by atomic mass is 16.1. The van der Waals surface area contributed by atoms with Gasteiger partial charge in [0, 0.05) is 17.8 Å². The maximum atomic E-state index is 12.2. The molecule has 3 nitrogen and oxygen atoms in total. The number of aryl methyl sites for hydroxylation is 2. The summed E-state index contributed by atoms with van der Waals surface area (Å²) in [6.45, 7) is 5.18. The molecule has 2 aromatic carbocycles. The van der Waals surface area contributed by atoms with Crippen molar-refractivity contribution in [1.29, 1.82) is 0 Å². The van der Waals surface area contributed by atoms with Crippen molar-refractivity contribution < 1.29 is 4.79 Å². The molecule has 0 unspecified atom stereocenters. The highest BCUT2D eigenvalue weighted by Gasteiger charge is 2.09. The second kappa shape index (κ2) is 6.69. The fraction of sp³-hybridized carbons (Fsp3) is 0.250. The van der Waals surface area contributed by atoms with Crippen LogP contribution in [0.2, 0.25) is 0 Å². The van der Waals surface area contributed by atoms with Crippen LogP contribution in [0, 0.1) is 13.8 Å². The largest absolute Gasteiger partial charge is 0.354 e. The maximum Gasteiger partial charge on any atom is 0.239 e. The number of nitrogens with one attached hydrogen (secondary N) is 1. The van der Waals surface area contributed by atoms with Crippen LogP contribution in [-0.2, 0) is 17.8 Å². The van der Waals surface area contributed by atoms with Gasteiger partial charge < -0.3 is 9.88 Å². The number of benzene rings is 2. The Morgan fingerprint density at radius 3 is 2.61 bits per heavy atom. The fourth-order valence-electron chi connectivity index (χ4n) is 2.98. The minimum absolute atomic E-state index is 0.0584. The van der Waals surface area contributed by atoms with E-state index in [1.165, 1.54) is 16.5 Å². The number of amides is 1. The zero-order valence-corrected chi connectivity index (χ0v) is 13.7. The average Bonchev–Trinajstić information content (AvgIpc) is 2.85. The van der Waals surface area contributed by atoms with E-state index in [0.717, 1.165) is 17.6 Å². The molecule has 0 saturated heterocycles. The first kappa shape index (κ1) is 15.3. The Morgan fingerprint density at radius 1 is 1.04 bits per heavy atom. The Morgan fingerprint density at radius 2 is 1.78 bits per heavy atom. The standard InChI is InChI=1S/C20H22N2O/c1-15-7-3-4-8-17(15)11-12-21-20(23)14-22-16(2)13-18-9-5-6-10-19(18)22/h3-10,13H,11-12,14H2,1-2H3,(H,21,23). The molecule has 1 aromatic heterocycles. The number of hydrogen-bond acceptors (Lipinski definition) is 1. The van der Waals surface area contributed by atoms with E-state index >= 15 is 0 Å². The van der Waals surface area contributed by atoms with E-state index in [1.807, 2.05) is 31.2 Å². The van der Waals surface area contributed by atoms with Crippen molar-refractivity contribution in [2.75, 3.05) is 6.54 Å². The summed E-state index contributed by atoms with van der Waals surface area (Å²) >= 11 is 0. The van der Waals surface area contributed by atoms with Crippen molar-refractivity contribution in [3.05, 3.63) is 71.4 Å². The molecule has 3 aromatic rings. The van der Waals surface area contributed by atoms with Crippen molar-refractivity contribution in [2.45, 2.75) is 26.8 Å². The molecular formula is C20H22N2O. The number of carbonyl (C=O) groups is 1. The number of nitrogens with zero attached hydrogens (tertiary/aromatic N) is 1. The van der Waals surface area contributed by atoms with Gasteiger partial charge in [-0.05, 0) is 48.9 Å². The zero-order valence-electron chi connectivity index (χ0n) is 13.7. The van der Waals surface area contributed by atoms with Gasteiger partial charge in [0.15, 0.2) is 0 Å². The van der Waals surface area contributed by atoms with Gasteiger partial charge in [-0.1, -0.05) is 42.5 Å². The Balaban J connectivity index is 1.61. The fourth-order valence-corrected chi connectivity index (χ4v) is 2.98. The van der Waals surface area contributed by atoms with Crippen molar-refractivity contribution in [2.24, 2.45) is 0 Å². The van der Waals surface area contributed by atoms with Gasteiger partial charge >= 0.3 is 0 Å². The Bertz CT molecular complexity index is 833. The minimum Gasteiger partial charge on any atom is -0.354 e. The number of carbonyl (C=O) groups excluding carboxylic acids is 1. The van der Waals surface area contributed by atoms with Crippen molar-refractivity contribution in [1.82, 2.24) is 9.88 Å². The highest BCUT2D eigenvalue weighted by Crippen LogP contribution is 2.18. The van der Waals surface area contributed by atoms with Crippen LogP contribution in [0.5, 0.6) is 0 Å². The van der Waals surface area contributed by atoms with Crippen LogP contribution in [0.15, 0.2) is 54.6 Å². The van der Waals surface area contributed by atoms with Crippen LogP contribution >= 0.6 is 0 Å². The summed E-state index contributed by atoms with van der Waals surface area (Å²) in [5.41, 5.74) is 4.78. The second-order valence-electron chi connectivity index (χ2n) is 5.96. The van der Waals surface area contributed by atoms with Gasteiger partial charge in [-0.2, -0.15) is 0 Å². The van der Waals surface area contributed by atoms with Crippen LogP contribution in [-0.4, -0.2) is 17.0 Å². The molecule has 3 rings (SSSR count). The van der Waals surface area contributed by atoms with Gasteiger partial charge in [0.25, 0.3) is 0 Å². The number of aromatic nitrogens is 1. The number of rotatable bonds is 5. The molecule has 118 valence electrons. The zero-order chi connectivity index (χ0) is 16.2. The van der Waals surface area contributed by atoms with Crippen LogP contribution in [0.1, 0.15) is 16.8 Å². The van der Waals surface area contributed by atoms with Gasteiger partial charge in [-0.3, -0.25) is 4.79 Å². The third-order valence-corrected chi connectivity index (χ3v) is 4.30. The lowest BCUT2D eigenvalue weighted by molar-refractivity contribution is -0.121. The average molecular weight is 306 g/mol. The van der Waals surface area contributed by atoms with Gasteiger partial charge in [-0.15, -0.1) is 0 Å². The summed E-state index contributed by atoms with van der Waals surface area (Å²) in [4.78, 5) is 12.2. The molecule has 0 aliphatic carbocycles. The predicted octanol–water partition coefficient (Wildman–Crippen LogP) is 3.62. The molecule has 0 fully saturated rings. The number of para-hydroxylation sites is 1. The van der Waals surface area contributed by atoms with Crippen LogP contribution in [0.4, 0.5) is 0 Å². The minimum atomic E-state index is 0.0584. The molecule has 1 heterocycles. The van der Waals surface area contributed by atoms with Crippen molar-refractivity contribution in [3.63, 3.8) is 0 Å². The molecule has 0 radical (unpaired) electrons. The van der Waals surface area contributed by atoms with Crippen LogP contribution in [0.3, 0.4) is 0 Å². The van der Waals surface area contributed by atoms with Crippen molar-refractivity contribution >= 4 is 16.8 Å². The Labute approximate surface area is 136 Å². The summed E-state index contributed by atoms with van der Waals surface area (Å²) < 4.78 is 2.07. The molecule has 0 aliphatic heterocycles. The maximum absolute atomic E-state index is 12.2. The van der Waals surface area contributed by atoms with Crippen molar-refractivity contribution in [3.8, 4) is 0 Å². The lowest BCUT2D eigenvalue weighted by Gasteiger charge is -2.10. The summed E-state index contributed by atoms with van der Waals surface area (Å²) in [7, 11) is 0. The molecule has 1 amide bonds. The van der Waals surface area contributed by atoms with Gasteiger partial charge in [-0.25, -0.2) is 0 Å². The summed E-state index contributed by atoms with van der Waals surface area (Å²) in [6, 6.07) is 18.6. The molecule has 0 bridgehead atoms. The molecular weight excluding hydrogens is 284 g/mol. The first-order valence-corrected chi connectivity index (χ1v) is 8.01. The third kappa shape index (κ3) is 3.45. The molecule has 3 heteroatoms. The third-order valence-electron chi connectivity index (χ3n) is 4.30. The summed E-state index contributed by atoms with van der Waals surface area (Å²) in [5, 5.41) is 4.21. The van der Waals surface area contributed by atoms with E-state index in [1.54, 1.807) is 0 Å². The topological polar surface area (TPSA) is 34.0 Å². The van der Waals surface area contributed by atoms with E-state index in [9.17, 15) is 4.79 Å². The van der Waals surface area contributed by atoms with E-state index < -0.39 is 0 Å². The van der Waals surface area contributed by atoms with Gasteiger partial charge in [0.2, 0.25) is 5.91 Å². The van der Waals surface area contributed by atoms with E-state index in [2.05, 4.69) is 47.1 Å². The van der Waals surface area contributed by atoms with E-state index in [0.29, 0.717) is 13.1 Å². The molecule has 0 aliphatic rings. The quantitative estimate of drug-likeness (QED) is 0.767. The number of hydrogen-bond donors (Lipinski definition) is 1. The highest BCUT2D eigenvalue weighted by molar-refractivity contribution is 5.84. The SMILES string of the molecule is Cc1ccccc1CCNC(=O)Cn1c(C)cc2ccccc21.